The quantitative estimate of drug-likeness (QED) is 0.918. The van der Waals surface area contributed by atoms with Gasteiger partial charge in [-0.25, -0.2) is 4.68 Å². The van der Waals surface area contributed by atoms with Gasteiger partial charge < -0.3 is 5.32 Å². The van der Waals surface area contributed by atoms with Gasteiger partial charge in [0.15, 0.2) is 4.60 Å². The average Bonchev–Trinajstić information content (AvgIpc) is 3.01. The molecule has 0 amide bonds. The summed E-state index contributed by atoms with van der Waals surface area (Å²) in [5.41, 5.74) is 2.56. The van der Waals surface area contributed by atoms with Crippen molar-refractivity contribution in [3.8, 4) is 0 Å². The third kappa shape index (κ3) is 2.52. The van der Waals surface area contributed by atoms with Crippen molar-refractivity contribution in [2.75, 3.05) is 6.54 Å². The smallest absolute Gasteiger partial charge is 0.153 e. The van der Waals surface area contributed by atoms with Crippen LogP contribution in [0.4, 0.5) is 0 Å². The van der Waals surface area contributed by atoms with E-state index >= 15 is 0 Å². The minimum Gasteiger partial charge on any atom is -0.308 e. The van der Waals surface area contributed by atoms with Crippen molar-refractivity contribution >= 4 is 27.7 Å². The van der Waals surface area contributed by atoms with Crippen molar-refractivity contribution in [3.05, 3.63) is 40.1 Å². The molecule has 0 aliphatic carbocycles. The second-order valence-electron chi connectivity index (χ2n) is 4.89. The van der Waals surface area contributed by atoms with Crippen LogP contribution in [0.3, 0.4) is 0 Å². The van der Waals surface area contributed by atoms with Crippen LogP contribution in [0, 0.1) is 0 Å². The standard InChI is InChI=1S/C14H17BrN4S/c1-3-16-12(13-14(15)17-18-19(13)2)11-8-9-6-4-5-7-10(9)20-11/h4-7,11-12,16H,3,8H2,1-2H3. The van der Waals surface area contributed by atoms with Gasteiger partial charge >= 0.3 is 0 Å². The first-order valence-electron chi connectivity index (χ1n) is 6.73. The van der Waals surface area contributed by atoms with Crippen LogP contribution in [0.5, 0.6) is 0 Å². The number of fused-ring (bicyclic) bond motifs is 1. The number of hydrogen-bond donors (Lipinski definition) is 1. The molecule has 4 nitrogen and oxygen atoms in total. The van der Waals surface area contributed by atoms with Gasteiger partial charge in [-0.05, 0) is 40.5 Å². The number of thioether (sulfide) groups is 1. The van der Waals surface area contributed by atoms with Crippen LogP contribution in [0.1, 0.15) is 24.2 Å². The maximum atomic E-state index is 4.12. The third-order valence-corrected chi connectivity index (χ3v) is 5.55. The first kappa shape index (κ1) is 14.1. The van der Waals surface area contributed by atoms with Crippen LogP contribution in [-0.2, 0) is 13.5 Å². The maximum absolute atomic E-state index is 4.12. The molecule has 1 aliphatic heterocycles. The summed E-state index contributed by atoms with van der Waals surface area (Å²) in [7, 11) is 1.95. The van der Waals surface area contributed by atoms with E-state index in [0.717, 1.165) is 23.3 Å². The molecule has 0 saturated carbocycles. The molecule has 2 atom stereocenters. The number of nitrogens with one attached hydrogen (secondary N) is 1. The molecular weight excluding hydrogens is 336 g/mol. The summed E-state index contributed by atoms with van der Waals surface area (Å²) >= 11 is 5.47. The predicted octanol–water partition coefficient (Wildman–Crippen LogP) is 2.95. The zero-order valence-electron chi connectivity index (χ0n) is 11.5. The summed E-state index contributed by atoms with van der Waals surface area (Å²) in [6.45, 7) is 3.06. The molecule has 2 unspecified atom stereocenters. The number of aryl methyl sites for hydroxylation is 1. The molecule has 106 valence electrons. The largest absolute Gasteiger partial charge is 0.308 e. The Kier molecular flexibility index (Phi) is 4.14. The molecule has 6 heteroatoms. The Morgan fingerprint density at radius 3 is 2.95 bits per heavy atom. The van der Waals surface area contributed by atoms with Crippen molar-refractivity contribution in [2.24, 2.45) is 7.05 Å². The summed E-state index contributed by atoms with van der Waals surface area (Å²) in [6, 6.07) is 8.90. The van der Waals surface area contributed by atoms with Gasteiger partial charge in [0.2, 0.25) is 0 Å². The second-order valence-corrected chi connectivity index (χ2v) is 6.92. The van der Waals surface area contributed by atoms with Crippen LogP contribution in [0.25, 0.3) is 0 Å². The molecule has 1 aliphatic rings. The molecule has 1 aromatic carbocycles. The van der Waals surface area contributed by atoms with E-state index in [9.17, 15) is 0 Å². The van der Waals surface area contributed by atoms with E-state index in [4.69, 9.17) is 0 Å². The molecular formula is C14H17BrN4S. The zero-order chi connectivity index (χ0) is 14.1. The van der Waals surface area contributed by atoms with Gasteiger partial charge in [-0.1, -0.05) is 30.3 Å². The number of nitrogens with zero attached hydrogens (tertiary/aromatic N) is 3. The molecule has 0 spiro atoms. The molecule has 3 rings (SSSR count). The van der Waals surface area contributed by atoms with Crippen molar-refractivity contribution in [2.45, 2.75) is 29.5 Å². The first-order chi connectivity index (χ1) is 9.70. The fourth-order valence-corrected chi connectivity index (χ4v) is 4.67. The Morgan fingerprint density at radius 2 is 2.30 bits per heavy atom. The SMILES string of the molecule is CCNC(c1c(Br)nnn1C)C1Cc2ccccc2S1. The van der Waals surface area contributed by atoms with E-state index in [1.165, 1.54) is 10.5 Å². The third-order valence-electron chi connectivity index (χ3n) is 3.59. The van der Waals surface area contributed by atoms with Crippen LogP contribution < -0.4 is 5.32 Å². The van der Waals surface area contributed by atoms with E-state index in [-0.39, 0.29) is 6.04 Å². The highest BCUT2D eigenvalue weighted by Gasteiger charge is 2.33. The van der Waals surface area contributed by atoms with E-state index in [2.05, 4.69) is 62.7 Å². The number of hydrogen-bond acceptors (Lipinski definition) is 4. The molecule has 1 N–H and O–H groups in total. The van der Waals surface area contributed by atoms with E-state index in [1.54, 1.807) is 0 Å². The van der Waals surface area contributed by atoms with Crippen LogP contribution in [-0.4, -0.2) is 26.8 Å². The topological polar surface area (TPSA) is 42.7 Å². The van der Waals surface area contributed by atoms with Crippen molar-refractivity contribution in [3.63, 3.8) is 0 Å². The Labute approximate surface area is 131 Å². The molecule has 0 bridgehead atoms. The van der Waals surface area contributed by atoms with E-state index < -0.39 is 0 Å². The lowest BCUT2D eigenvalue weighted by atomic mass is 10.0. The summed E-state index contributed by atoms with van der Waals surface area (Å²) in [4.78, 5) is 1.40. The van der Waals surface area contributed by atoms with Gasteiger partial charge in [-0.3, -0.25) is 0 Å². The van der Waals surface area contributed by atoms with Crippen LogP contribution in [0.15, 0.2) is 33.8 Å². The van der Waals surface area contributed by atoms with Crippen molar-refractivity contribution < 1.29 is 0 Å². The zero-order valence-corrected chi connectivity index (χ0v) is 13.9. The lowest BCUT2D eigenvalue weighted by Crippen LogP contribution is -2.32. The number of aromatic nitrogens is 3. The minimum absolute atomic E-state index is 0.242. The van der Waals surface area contributed by atoms with Gasteiger partial charge in [0.25, 0.3) is 0 Å². The van der Waals surface area contributed by atoms with Crippen molar-refractivity contribution in [1.29, 1.82) is 0 Å². The van der Waals surface area contributed by atoms with Crippen LogP contribution in [0.2, 0.25) is 0 Å². The fraction of sp³-hybridized carbons (Fsp3) is 0.429. The number of rotatable bonds is 4. The highest BCUT2D eigenvalue weighted by molar-refractivity contribution is 9.10. The normalized spacial score (nSPS) is 19.1. The molecule has 0 radical (unpaired) electrons. The van der Waals surface area contributed by atoms with Gasteiger partial charge in [-0.15, -0.1) is 16.9 Å². The highest BCUT2D eigenvalue weighted by Crippen LogP contribution is 2.43. The van der Waals surface area contributed by atoms with E-state index in [1.807, 2.05) is 23.5 Å². The average molecular weight is 353 g/mol. The molecule has 20 heavy (non-hydrogen) atoms. The first-order valence-corrected chi connectivity index (χ1v) is 8.41. The summed E-state index contributed by atoms with van der Waals surface area (Å²) in [6.07, 6.45) is 1.08. The summed E-state index contributed by atoms with van der Waals surface area (Å²) in [5, 5.41) is 12.3. The summed E-state index contributed by atoms with van der Waals surface area (Å²) in [5.74, 6) is 0. The lowest BCUT2D eigenvalue weighted by Gasteiger charge is -2.23. The predicted molar refractivity (Wildman–Crippen MR) is 84.9 cm³/mol. The van der Waals surface area contributed by atoms with Gasteiger partial charge in [0, 0.05) is 17.2 Å². The molecule has 1 aromatic heterocycles. The fourth-order valence-electron chi connectivity index (χ4n) is 2.69. The highest BCUT2D eigenvalue weighted by atomic mass is 79.9. The molecule has 2 heterocycles. The number of halogens is 1. The van der Waals surface area contributed by atoms with Gasteiger partial charge in [0.05, 0.1) is 11.7 Å². The molecule has 2 aromatic rings. The van der Waals surface area contributed by atoms with E-state index in [0.29, 0.717) is 5.25 Å². The van der Waals surface area contributed by atoms with Crippen LogP contribution >= 0.6 is 27.7 Å². The maximum Gasteiger partial charge on any atom is 0.153 e. The molecule has 0 saturated heterocycles. The Morgan fingerprint density at radius 1 is 1.50 bits per heavy atom. The Bertz CT molecular complexity index is 568. The molecule has 0 fully saturated rings. The van der Waals surface area contributed by atoms with Gasteiger partial charge in [0.1, 0.15) is 0 Å². The van der Waals surface area contributed by atoms with Gasteiger partial charge in [-0.2, -0.15) is 0 Å². The monoisotopic (exact) mass is 352 g/mol. The number of benzene rings is 1. The Balaban J connectivity index is 1.90. The lowest BCUT2D eigenvalue weighted by molar-refractivity contribution is 0.491. The van der Waals surface area contributed by atoms with Crippen molar-refractivity contribution in [1.82, 2.24) is 20.3 Å². The Hall–Kier alpha value is -0.850. The minimum atomic E-state index is 0.242. The second kappa shape index (κ2) is 5.87. The summed E-state index contributed by atoms with van der Waals surface area (Å²) < 4.78 is 2.70.